The zero-order valence-electron chi connectivity index (χ0n) is 11.7. The fourth-order valence-corrected chi connectivity index (χ4v) is 3.18. The van der Waals surface area contributed by atoms with Crippen molar-refractivity contribution < 1.29 is 5.11 Å². The number of aryl methyl sites for hydroxylation is 2. The molecular weight excluding hydrogens is 236 g/mol. The molecule has 3 nitrogen and oxygen atoms in total. The van der Waals surface area contributed by atoms with E-state index in [4.69, 9.17) is 0 Å². The molecule has 102 valence electrons. The van der Waals surface area contributed by atoms with Crippen LogP contribution in [-0.4, -0.2) is 23.2 Å². The summed E-state index contributed by atoms with van der Waals surface area (Å²) in [5, 5.41) is 15.0. The maximum Gasteiger partial charge on any atom is 0.128 e. The molecule has 1 unspecified atom stereocenters. The minimum absolute atomic E-state index is 0.477. The zero-order chi connectivity index (χ0) is 13.4. The first-order chi connectivity index (χ1) is 9.16. The Balaban J connectivity index is 1.95. The number of phenolic OH excluding ortho intramolecular Hbond substituents is 1. The lowest BCUT2D eigenvalue weighted by Gasteiger charge is -2.23. The van der Waals surface area contributed by atoms with E-state index in [0.29, 0.717) is 11.7 Å². The van der Waals surface area contributed by atoms with Crippen LogP contribution in [0.15, 0.2) is 12.1 Å². The van der Waals surface area contributed by atoms with Crippen molar-refractivity contribution in [1.29, 1.82) is 0 Å². The number of benzene rings is 1. The highest BCUT2D eigenvalue weighted by atomic mass is 16.3. The average molecular weight is 258 g/mol. The van der Waals surface area contributed by atoms with Gasteiger partial charge in [-0.3, -0.25) is 0 Å². The van der Waals surface area contributed by atoms with E-state index in [0.717, 1.165) is 47.2 Å². The van der Waals surface area contributed by atoms with Gasteiger partial charge >= 0.3 is 0 Å². The Morgan fingerprint density at radius 1 is 1.32 bits per heavy atom. The average Bonchev–Trinajstić information content (AvgIpc) is 2.71. The third-order valence-corrected chi connectivity index (χ3v) is 4.43. The summed E-state index contributed by atoms with van der Waals surface area (Å²) in [6, 6.07) is 4.17. The molecule has 0 aliphatic carbocycles. The molecule has 1 aromatic heterocycles. The molecule has 2 heterocycles. The topological polar surface area (TPSA) is 48.0 Å². The summed E-state index contributed by atoms with van der Waals surface area (Å²) in [6.45, 7) is 6.33. The number of H-pyrrole nitrogens is 1. The Bertz CT molecular complexity index is 594. The molecule has 0 saturated carbocycles. The molecule has 0 amide bonds. The van der Waals surface area contributed by atoms with Crippen LogP contribution in [0.25, 0.3) is 10.9 Å². The van der Waals surface area contributed by atoms with Crippen molar-refractivity contribution >= 4 is 10.9 Å². The molecule has 1 fully saturated rings. The maximum absolute atomic E-state index is 10.5. The van der Waals surface area contributed by atoms with E-state index in [-0.39, 0.29) is 0 Å². The number of hydrogen-bond donors (Lipinski definition) is 3. The summed E-state index contributed by atoms with van der Waals surface area (Å²) in [5.41, 5.74) is 4.43. The minimum Gasteiger partial charge on any atom is -0.507 e. The number of fused-ring (bicyclic) bond motifs is 1. The van der Waals surface area contributed by atoms with Crippen molar-refractivity contribution in [2.75, 3.05) is 13.1 Å². The van der Waals surface area contributed by atoms with Crippen LogP contribution in [-0.2, 0) is 6.42 Å². The Morgan fingerprint density at radius 3 is 2.89 bits per heavy atom. The molecule has 2 aromatic rings. The van der Waals surface area contributed by atoms with E-state index in [1.54, 1.807) is 0 Å². The fraction of sp³-hybridized carbons (Fsp3) is 0.500. The highest BCUT2D eigenvalue weighted by Gasteiger charge is 2.18. The Hall–Kier alpha value is -1.48. The van der Waals surface area contributed by atoms with Crippen molar-refractivity contribution in [1.82, 2.24) is 10.3 Å². The molecule has 0 radical (unpaired) electrons. The molecule has 3 rings (SSSR count). The summed E-state index contributed by atoms with van der Waals surface area (Å²) in [4.78, 5) is 3.33. The molecule has 1 saturated heterocycles. The van der Waals surface area contributed by atoms with E-state index in [1.165, 1.54) is 12.8 Å². The van der Waals surface area contributed by atoms with Gasteiger partial charge in [-0.2, -0.15) is 0 Å². The van der Waals surface area contributed by atoms with Gasteiger partial charge in [0, 0.05) is 16.6 Å². The Labute approximate surface area is 114 Å². The van der Waals surface area contributed by atoms with Gasteiger partial charge < -0.3 is 15.4 Å². The summed E-state index contributed by atoms with van der Waals surface area (Å²) >= 11 is 0. The second-order valence-electron chi connectivity index (χ2n) is 5.79. The highest BCUT2D eigenvalue weighted by molar-refractivity contribution is 5.91. The molecule has 19 heavy (non-hydrogen) atoms. The van der Waals surface area contributed by atoms with Gasteiger partial charge in [0.05, 0.1) is 0 Å². The summed E-state index contributed by atoms with van der Waals surface area (Å²) in [7, 11) is 0. The lowest BCUT2D eigenvalue weighted by Crippen LogP contribution is -2.30. The van der Waals surface area contributed by atoms with Crippen LogP contribution in [0.3, 0.4) is 0 Å². The number of aromatic amines is 1. The van der Waals surface area contributed by atoms with Crippen LogP contribution in [0.4, 0.5) is 0 Å². The monoisotopic (exact) mass is 258 g/mol. The van der Waals surface area contributed by atoms with Gasteiger partial charge in [0.15, 0.2) is 0 Å². The van der Waals surface area contributed by atoms with Crippen LogP contribution >= 0.6 is 0 Å². The lowest BCUT2D eigenvalue weighted by atomic mass is 9.91. The molecule has 1 aromatic carbocycles. The largest absolute Gasteiger partial charge is 0.507 e. The molecule has 0 bridgehead atoms. The first-order valence-electron chi connectivity index (χ1n) is 7.17. The SMILES string of the molecule is Cc1[nH]c2ccc(CC3CCCNC3)c(O)c2c1C. The Kier molecular flexibility index (Phi) is 3.23. The van der Waals surface area contributed by atoms with Crippen molar-refractivity contribution in [2.45, 2.75) is 33.1 Å². The van der Waals surface area contributed by atoms with E-state index < -0.39 is 0 Å². The van der Waals surface area contributed by atoms with E-state index in [9.17, 15) is 5.11 Å². The van der Waals surface area contributed by atoms with Gasteiger partial charge in [-0.05, 0) is 69.3 Å². The molecule has 3 heteroatoms. The van der Waals surface area contributed by atoms with Gasteiger partial charge in [-0.1, -0.05) is 6.07 Å². The third-order valence-electron chi connectivity index (χ3n) is 4.43. The van der Waals surface area contributed by atoms with Crippen molar-refractivity contribution in [3.8, 4) is 5.75 Å². The van der Waals surface area contributed by atoms with Gasteiger partial charge in [0.2, 0.25) is 0 Å². The first-order valence-corrected chi connectivity index (χ1v) is 7.17. The minimum atomic E-state index is 0.477. The standard InChI is InChI=1S/C16H22N2O/c1-10-11(2)18-14-6-5-13(16(19)15(10)14)8-12-4-3-7-17-9-12/h5-6,12,17-19H,3-4,7-9H2,1-2H3. The first kappa shape index (κ1) is 12.5. The van der Waals surface area contributed by atoms with E-state index in [1.807, 2.05) is 0 Å². The van der Waals surface area contributed by atoms with Crippen LogP contribution in [0, 0.1) is 19.8 Å². The number of rotatable bonds is 2. The fourth-order valence-electron chi connectivity index (χ4n) is 3.18. The molecular formula is C16H22N2O. The van der Waals surface area contributed by atoms with E-state index >= 15 is 0 Å². The highest BCUT2D eigenvalue weighted by Crippen LogP contribution is 2.34. The molecule has 1 aliphatic rings. The molecule has 3 N–H and O–H groups in total. The molecule has 0 spiro atoms. The quantitative estimate of drug-likeness (QED) is 0.775. The summed E-state index contributed by atoms with van der Waals surface area (Å²) in [5.74, 6) is 1.13. The third kappa shape index (κ3) is 2.23. The van der Waals surface area contributed by atoms with Crippen LogP contribution in [0.1, 0.15) is 29.7 Å². The van der Waals surface area contributed by atoms with Gasteiger partial charge in [0.1, 0.15) is 5.75 Å². The Morgan fingerprint density at radius 2 is 2.16 bits per heavy atom. The van der Waals surface area contributed by atoms with Crippen LogP contribution < -0.4 is 5.32 Å². The number of hydrogen-bond acceptors (Lipinski definition) is 2. The maximum atomic E-state index is 10.5. The number of nitrogens with one attached hydrogen (secondary N) is 2. The van der Waals surface area contributed by atoms with Crippen LogP contribution in [0.5, 0.6) is 5.75 Å². The van der Waals surface area contributed by atoms with Crippen molar-refractivity contribution in [2.24, 2.45) is 5.92 Å². The van der Waals surface area contributed by atoms with Crippen LogP contribution in [0.2, 0.25) is 0 Å². The van der Waals surface area contributed by atoms with Gasteiger partial charge in [-0.15, -0.1) is 0 Å². The van der Waals surface area contributed by atoms with Gasteiger partial charge in [0.25, 0.3) is 0 Å². The smallest absolute Gasteiger partial charge is 0.128 e. The predicted molar refractivity (Wildman–Crippen MR) is 78.7 cm³/mol. The van der Waals surface area contributed by atoms with E-state index in [2.05, 4.69) is 36.3 Å². The number of aromatic nitrogens is 1. The molecule has 1 atom stereocenters. The normalized spacial score (nSPS) is 20.0. The second kappa shape index (κ2) is 4.89. The lowest BCUT2D eigenvalue weighted by molar-refractivity contribution is 0.370. The van der Waals surface area contributed by atoms with Crippen molar-refractivity contribution in [3.63, 3.8) is 0 Å². The zero-order valence-corrected chi connectivity index (χ0v) is 11.7. The van der Waals surface area contributed by atoms with Gasteiger partial charge in [-0.25, -0.2) is 0 Å². The second-order valence-corrected chi connectivity index (χ2v) is 5.79. The molecule has 1 aliphatic heterocycles. The number of aromatic hydroxyl groups is 1. The number of piperidine rings is 1. The predicted octanol–water partition coefficient (Wildman–Crippen LogP) is 3.03. The summed E-state index contributed by atoms with van der Waals surface area (Å²) < 4.78 is 0. The van der Waals surface area contributed by atoms with Crippen molar-refractivity contribution in [3.05, 3.63) is 29.0 Å². The number of phenols is 1. The summed E-state index contributed by atoms with van der Waals surface area (Å²) in [6.07, 6.45) is 3.48.